The number of fused-ring (bicyclic) bond motifs is 1. The standard InChI is InChI=1S/C31H38ClN7O2/c1-37(2)18-15-33-27(40)21-41-25-11-9-23(10-12-25)30-35-28-29(26(32)19-34-31(28)36-30)38(3)24-13-16-39(17-14-24)20-22-7-5-4-6-8-22/h4-12,19,24H,13-18,20-21H2,1-3H3,(H,33,40)(H,34,35,36). The molecule has 0 atom stereocenters. The zero-order valence-corrected chi connectivity index (χ0v) is 24.7. The van der Waals surface area contributed by atoms with E-state index in [-0.39, 0.29) is 12.5 Å². The quantitative estimate of drug-likeness (QED) is 0.273. The van der Waals surface area contributed by atoms with Crippen molar-refractivity contribution in [2.75, 3.05) is 58.8 Å². The van der Waals surface area contributed by atoms with E-state index in [0.717, 1.165) is 55.8 Å². The number of hydrogen-bond acceptors (Lipinski definition) is 7. The summed E-state index contributed by atoms with van der Waals surface area (Å²) in [6.07, 6.45) is 3.80. The van der Waals surface area contributed by atoms with Crippen LogP contribution in [0.2, 0.25) is 5.02 Å². The van der Waals surface area contributed by atoms with E-state index in [4.69, 9.17) is 21.3 Å². The number of halogens is 1. The van der Waals surface area contributed by atoms with Gasteiger partial charge in [0.2, 0.25) is 0 Å². The number of amides is 1. The Labute approximate surface area is 246 Å². The number of likely N-dealkylation sites (N-methyl/N-ethyl adjacent to an activating group) is 1. The molecule has 1 saturated heterocycles. The Kier molecular flexibility index (Phi) is 9.38. The normalized spacial score (nSPS) is 14.5. The number of pyridine rings is 1. The molecule has 1 amide bonds. The summed E-state index contributed by atoms with van der Waals surface area (Å²) in [7, 11) is 6.04. The van der Waals surface area contributed by atoms with Crippen LogP contribution in [0.15, 0.2) is 60.8 Å². The van der Waals surface area contributed by atoms with Crippen molar-refractivity contribution in [1.82, 2.24) is 30.1 Å². The number of rotatable bonds is 11. The maximum absolute atomic E-state index is 12.0. The fourth-order valence-corrected chi connectivity index (χ4v) is 5.50. The van der Waals surface area contributed by atoms with Crippen LogP contribution in [-0.2, 0) is 11.3 Å². The fraction of sp³-hybridized carbons (Fsp3) is 0.387. The number of H-pyrrole nitrogens is 1. The smallest absolute Gasteiger partial charge is 0.257 e. The van der Waals surface area contributed by atoms with Crippen molar-refractivity contribution in [3.05, 3.63) is 71.4 Å². The highest BCUT2D eigenvalue weighted by atomic mass is 35.5. The van der Waals surface area contributed by atoms with E-state index in [1.165, 1.54) is 5.56 Å². The van der Waals surface area contributed by atoms with E-state index in [9.17, 15) is 4.79 Å². The second-order valence-electron chi connectivity index (χ2n) is 10.8. The van der Waals surface area contributed by atoms with Crippen LogP contribution >= 0.6 is 11.6 Å². The molecule has 1 fully saturated rings. The van der Waals surface area contributed by atoms with Gasteiger partial charge in [0.05, 0.1) is 16.9 Å². The van der Waals surface area contributed by atoms with E-state index >= 15 is 0 Å². The number of ether oxygens (including phenoxy) is 1. The molecule has 10 heteroatoms. The fourth-order valence-electron chi connectivity index (χ4n) is 5.22. The highest BCUT2D eigenvalue weighted by Gasteiger charge is 2.26. The van der Waals surface area contributed by atoms with Gasteiger partial charge in [0.1, 0.15) is 17.1 Å². The van der Waals surface area contributed by atoms with Gasteiger partial charge in [-0.05, 0) is 56.8 Å². The number of piperidine rings is 1. The Balaban J connectivity index is 1.23. The summed E-state index contributed by atoms with van der Waals surface area (Å²) in [4.78, 5) is 31.5. The van der Waals surface area contributed by atoms with Gasteiger partial charge in [-0.2, -0.15) is 0 Å². The van der Waals surface area contributed by atoms with Gasteiger partial charge in [0.15, 0.2) is 12.3 Å². The van der Waals surface area contributed by atoms with E-state index in [0.29, 0.717) is 34.8 Å². The molecule has 0 bridgehead atoms. The lowest BCUT2D eigenvalue weighted by Crippen LogP contribution is -2.43. The summed E-state index contributed by atoms with van der Waals surface area (Å²) >= 11 is 6.72. The zero-order valence-electron chi connectivity index (χ0n) is 23.9. The van der Waals surface area contributed by atoms with Crippen LogP contribution in [0, 0.1) is 0 Å². The van der Waals surface area contributed by atoms with Crippen LogP contribution in [0.25, 0.3) is 22.6 Å². The molecule has 0 unspecified atom stereocenters. The molecule has 2 N–H and O–H groups in total. The van der Waals surface area contributed by atoms with Crippen molar-refractivity contribution in [2.24, 2.45) is 0 Å². The van der Waals surface area contributed by atoms with Gasteiger partial charge in [-0.25, -0.2) is 9.97 Å². The van der Waals surface area contributed by atoms with Crippen molar-refractivity contribution in [3.8, 4) is 17.1 Å². The number of nitrogens with zero attached hydrogens (tertiary/aromatic N) is 5. The minimum atomic E-state index is -0.144. The highest BCUT2D eigenvalue weighted by Crippen LogP contribution is 2.35. The summed E-state index contributed by atoms with van der Waals surface area (Å²) in [5.41, 5.74) is 4.63. The predicted octanol–water partition coefficient (Wildman–Crippen LogP) is 4.44. The van der Waals surface area contributed by atoms with E-state index in [2.05, 4.69) is 62.5 Å². The third kappa shape index (κ3) is 7.35. The Morgan fingerprint density at radius 3 is 2.54 bits per heavy atom. The number of benzene rings is 2. The summed E-state index contributed by atoms with van der Waals surface area (Å²) in [6.45, 7) is 4.40. The van der Waals surface area contributed by atoms with E-state index < -0.39 is 0 Å². The Hall–Kier alpha value is -3.66. The van der Waals surface area contributed by atoms with Crippen LogP contribution in [0.4, 0.5) is 5.69 Å². The number of carbonyl (C=O) groups is 1. The number of anilines is 1. The van der Waals surface area contributed by atoms with Gasteiger partial charge in [0, 0.05) is 51.4 Å². The average Bonchev–Trinajstić information content (AvgIpc) is 3.41. The summed E-state index contributed by atoms with van der Waals surface area (Å²) in [6, 6.07) is 18.5. The van der Waals surface area contributed by atoms with Gasteiger partial charge in [-0.15, -0.1) is 0 Å². The first-order valence-electron chi connectivity index (χ1n) is 14.1. The van der Waals surface area contributed by atoms with Gasteiger partial charge in [-0.1, -0.05) is 41.9 Å². The van der Waals surface area contributed by atoms with Gasteiger partial charge in [0.25, 0.3) is 5.91 Å². The van der Waals surface area contributed by atoms with Gasteiger partial charge in [-0.3, -0.25) is 9.69 Å². The number of nitrogens with one attached hydrogen (secondary N) is 2. The molecular weight excluding hydrogens is 538 g/mol. The van der Waals surface area contributed by atoms with Crippen molar-refractivity contribution < 1.29 is 9.53 Å². The van der Waals surface area contributed by atoms with Crippen molar-refractivity contribution in [2.45, 2.75) is 25.4 Å². The number of likely N-dealkylation sites (tertiary alicyclic amines) is 1. The second kappa shape index (κ2) is 13.3. The molecule has 216 valence electrons. The number of aromatic amines is 1. The molecule has 4 aromatic rings. The van der Waals surface area contributed by atoms with Crippen molar-refractivity contribution in [3.63, 3.8) is 0 Å². The van der Waals surface area contributed by atoms with Crippen molar-refractivity contribution >= 4 is 34.4 Å². The molecule has 9 nitrogen and oxygen atoms in total. The molecule has 1 aliphatic heterocycles. The summed E-state index contributed by atoms with van der Waals surface area (Å²) in [5.74, 6) is 1.18. The van der Waals surface area contributed by atoms with Gasteiger partial charge >= 0.3 is 0 Å². The molecule has 1 aliphatic rings. The largest absolute Gasteiger partial charge is 0.484 e. The Morgan fingerprint density at radius 2 is 1.83 bits per heavy atom. The van der Waals surface area contributed by atoms with Crippen LogP contribution in [0.1, 0.15) is 18.4 Å². The average molecular weight is 576 g/mol. The SMILES string of the molecule is CN(C)CCNC(=O)COc1ccc(-c2nc3ncc(Cl)c(N(C)C4CCN(Cc5ccccc5)CC4)c3[nH]2)cc1. The molecule has 3 heterocycles. The lowest BCUT2D eigenvalue weighted by atomic mass is 10.0. The molecule has 0 radical (unpaired) electrons. The first-order chi connectivity index (χ1) is 19.9. The number of aromatic nitrogens is 3. The number of hydrogen-bond donors (Lipinski definition) is 2. The number of imidazole rings is 1. The third-order valence-corrected chi connectivity index (χ3v) is 7.81. The Morgan fingerprint density at radius 1 is 1.10 bits per heavy atom. The zero-order chi connectivity index (χ0) is 28.8. The molecule has 2 aromatic heterocycles. The van der Waals surface area contributed by atoms with E-state index in [1.807, 2.05) is 43.3 Å². The first-order valence-corrected chi connectivity index (χ1v) is 14.4. The summed E-state index contributed by atoms with van der Waals surface area (Å²) < 4.78 is 5.65. The number of carbonyl (C=O) groups excluding carboxylic acids is 1. The predicted molar refractivity (Wildman–Crippen MR) is 165 cm³/mol. The molecule has 5 rings (SSSR count). The minimum absolute atomic E-state index is 0.0271. The van der Waals surface area contributed by atoms with Crippen LogP contribution in [0.3, 0.4) is 0 Å². The molecular formula is C31H38ClN7O2. The topological polar surface area (TPSA) is 89.6 Å². The first kappa shape index (κ1) is 28.9. The highest BCUT2D eigenvalue weighted by molar-refractivity contribution is 6.34. The van der Waals surface area contributed by atoms with Crippen LogP contribution < -0.4 is 15.0 Å². The maximum atomic E-state index is 12.0. The van der Waals surface area contributed by atoms with Crippen molar-refractivity contribution in [1.29, 1.82) is 0 Å². The minimum Gasteiger partial charge on any atom is -0.484 e. The molecule has 41 heavy (non-hydrogen) atoms. The monoisotopic (exact) mass is 575 g/mol. The third-order valence-electron chi connectivity index (χ3n) is 7.53. The lowest BCUT2D eigenvalue weighted by Gasteiger charge is -2.38. The Bertz CT molecular complexity index is 1430. The van der Waals surface area contributed by atoms with Gasteiger partial charge < -0.3 is 24.8 Å². The van der Waals surface area contributed by atoms with Crippen LogP contribution in [0.5, 0.6) is 5.75 Å². The molecule has 2 aromatic carbocycles. The second-order valence-corrected chi connectivity index (χ2v) is 11.2. The molecule has 0 saturated carbocycles. The molecule has 0 spiro atoms. The maximum Gasteiger partial charge on any atom is 0.257 e. The lowest BCUT2D eigenvalue weighted by molar-refractivity contribution is -0.123. The van der Waals surface area contributed by atoms with E-state index in [1.54, 1.807) is 6.20 Å². The van der Waals surface area contributed by atoms with Crippen LogP contribution in [-0.4, -0.2) is 90.6 Å². The molecule has 0 aliphatic carbocycles. The summed E-state index contributed by atoms with van der Waals surface area (Å²) in [5, 5.41) is 3.45.